The van der Waals surface area contributed by atoms with Crippen LogP contribution in [0.2, 0.25) is 0 Å². The van der Waals surface area contributed by atoms with E-state index in [-0.39, 0.29) is 6.04 Å². The average Bonchev–Trinajstić information content (AvgIpc) is 3.37. The van der Waals surface area contributed by atoms with Crippen molar-refractivity contribution in [2.45, 2.75) is 19.0 Å². The van der Waals surface area contributed by atoms with Crippen molar-refractivity contribution in [2.75, 3.05) is 26.2 Å². The minimum Gasteiger partial charge on any atom is -0.415 e. The van der Waals surface area contributed by atoms with Gasteiger partial charge in [-0.05, 0) is 19.1 Å². The van der Waals surface area contributed by atoms with Crippen molar-refractivity contribution >= 4 is 0 Å². The van der Waals surface area contributed by atoms with E-state index in [1.807, 2.05) is 30.3 Å². The highest BCUT2D eigenvalue weighted by Gasteiger charge is 2.35. The second-order valence-electron chi connectivity index (χ2n) is 8.60. The molecule has 0 spiro atoms. The Morgan fingerprint density at radius 2 is 1.16 bits per heavy atom. The van der Waals surface area contributed by atoms with Crippen molar-refractivity contribution in [3.63, 3.8) is 0 Å². The lowest BCUT2D eigenvalue weighted by Crippen LogP contribution is -3.28. The van der Waals surface area contributed by atoms with Crippen molar-refractivity contribution in [3.05, 3.63) is 108 Å². The van der Waals surface area contributed by atoms with Crippen LogP contribution >= 0.6 is 0 Å². The molecule has 1 fully saturated rings. The third-order valence-electron chi connectivity index (χ3n) is 6.65. The molecule has 5 heteroatoms. The zero-order chi connectivity index (χ0) is 21.8. The number of aromatic nitrogens is 2. The van der Waals surface area contributed by atoms with Gasteiger partial charge in [0, 0.05) is 16.7 Å². The molecular weight excluding hydrogens is 396 g/mol. The fourth-order valence-corrected chi connectivity index (χ4v) is 4.85. The van der Waals surface area contributed by atoms with Gasteiger partial charge in [-0.1, -0.05) is 78.9 Å². The lowest BCUT2D eigenvalue weighted by molar-refractivity contribution is -1.04. The summed E-state index contributed by atoms with van der Waals surface area (Å²) in [5.74, 6) is 1.33. The van der Waals surface area contributed by atoms with Gasteiger partial charge in [0.2, 0.25) is 5.89 Å². The quantitative estimate of drug-likeness (QED) is 0.498. The predicted octanol–water partition coefficient (Wildman–Crippen LogP) is 2.37. The zero-order valence-electron chi connectivity index (χ0n) is 18.4. The van der Waals surface area contributed by atoms with Crippen molar-refractivity contribution in [3.8, 4) is 11.5 Å². The molecule has 5 nitrogen and oxygen atoms in total. The maximum Gasteiger partial charge on any atom is 0.274 e. The molecule has 0 unspecified atom stereocenters. The van der Waals surface area contributed by atoms with Crippen molar-refractivity contribution < 1.29 is 14.2 Å². The van der Waals surface area contributed by atoms with Crippen LogP contribution in [0.3, 0.4) is 0 Å². The van der Waals surface area contributed by atoms with E-state index in [0.717, 1.165) is 37.6 Å². The summed E-state index contributed by atoms with van der Waals surface area (Å²) in [5.41, 5.74) is 3.74. The Morgan fingerprint density at radius 1 is 0.656 bits per heavy atom. The van der Waals surface area contributed by atoms with Crippen LogP contribution in [0.4, 0.5) is 0 Å². The molecular formula is C27H30N4O+2. The van der Waals surface area contributed by atoms with Gasteiger partial charge in [0.15, 0.2) is 6.04 Å². The van der Waals surface area contributed by atoms with Crippen LogP contribution in [0.1, 0.15) is 36.0 Å². The fourth-order valence-electron chi connectivity index (χ4n) is 4.85. The Labute approximate surface area is 189 Å². The van der Waals surface area contributed by atoms with Gasteiger partial charge in [-0.15, -0.1) is 10.2 Å². The largest absolute Gasteiger partial charge is 0.415 e. The standard InChI is InChI=1S/C27H28N4O/c1-21(26-28-29-27(32-26)24-15-9-4-10-16-24)30-17-19-31(20-18-30)25(22-11-5-2-6-12-22)23-13-7-3-8-14-23/h2-16,21,25H,17-20H2,1H3/p+2/t21-/m1/s1. The van der Waals surface area contributed by atoms with Gasteiger partial charge in [-0.25, -0.2) is 0 Å². The summed E-state index contributed by atoms with van der Waals surface area (Å²) in [6, 6.07) is 32.4. The summed E-state index contributed by atoms with van der Waals surface area (Å²) in [5, 5.41) is 8.66. The monoisotopic (exact) mass is 426 g/mol. The molecule has 0 bridgehead atoms. The smallest absolute Gasteiger partial charge is 0.274 e. The molecule has 1 atom stereocenters. The predicted molar refractivity (Wildman–Crippen MR) is 124 cm³/mol. The second kappa shape index (κ2) is 9.47. The molecule has 5 rings (SSSR count). The lowest BCUT2D eigenvalue weighted by Gasteiger charge is -2.36. The van der Waals surface area contributed by atoms with E-state index in [1.54, 1.807) is 4.90 Å². The number of piperazine rings is 1. The van der Waals surface area contributed by atoms with Gasteiger partial charge >= 0.3 is 0 Å². The second-order valence-corrected chi connectivity index (χ2v) is 8.60. The molecule has 1 saturated heterocycles. The average molecular weight is 427 g/mol. The zero-order valence-corrected chi connectivity index (χ0v) is 18.4. The summed E-state index contributed by atoms with van der Waals surface area (Å²) >= 11 is 0. The highest BCUT2D eigenvalue weighted by Crippen LogP contribution is 2.20. The van der Waals surface area contributed by atoms with Crippen LogP contribution < -0.4 is 9.80 Å². The first-order chi connectivity index (χ1) is 15.8. The number of quaternary nitrogens is 2. The maximum atomic E-state index is 6.05. The Bertz CT molecular complexity index is 1070. The molecule has 1 aliphatic heterocycles. The summed E-state index contributed by atoms with van der Waals surface area (Å²) in [6.07, 6.45) is 0. The number of nitrogens with zero attached hydrogens (tertiary/aromatic N) is 2. The van der Waals surface area contributed by atoms with E-state index in [1.165, 1.54) is 16.0 Å². The lowest BCUT2D eigenvalue weighted by atomic mass is 9.96. The van der Waals surface area contributed by atoms with Crippen LogP contribution in [0.25, 0.3) is 11.5 Å². The number of rotatable bonds is 6. The van der Waals surface area contributed by atoms with Crippen molar-refractivity contribution in [1.82, 2.24) is 10.2 Å². The van der Waals surface area contributed by atoms with Gasteiger partial charge < -0.3 is 14.2 Å². The molecule has 1 aromatic heterocycles. The molecule has 1 aliphatic rings. The summed E-state index contributed by atoms with van der Waals surface area (Å²) in [7, 11) is 0. The van der Waals surface area contributed by atoms with Crippen LogP contribution in [0.5, 0.6) is 0 Å². The first-order valence-corrected chi connectivity index (χ1v) is 11.5. The first-order valence-electron chi connectivity index (χ1n) is 11.5. The summed E-state index contributed by atoms with van der Waals surface area (Å²) in [4.78, 5) is 3.13. The molecule has 0 saturated carbocycles. The summed E-state index contributed by atoms with van der Waals surface area (Å²) < 4.78 is 6.05. The molecule has 32 heavy (non-hydrogen) atoms. The third-order valence-corrected chi connectivity index (χ3v) is 6.65. The number of nitrogens with one attached hydrogen (secondary N) is 2. The molecule has 0 amide bonds. The molecule has 162 valence electrons. The minimum absolute atomic E-state index is 0.188. The highest BCUT2D eigenvalue weighted by atomic mass is 16.4. The molecule has 4 aromatic rings. The SMILES string of the molecule is C[C@H](c1nnc(-c2ccccc2)o1)[NH+]1CC[NH+](C(c2ccccc2)c2ccccc2)CC1. The van der Waals surface area contributed by atoms with Gasteiger partial charge in [0.1, 0.15) is 32.2 Å². The van der Waals surface area contributed by atoms with Crippen molar-refractivity contribution in [2.24, 2.45) is 0 Å². The Kier molecular flexibility index (Phi) is 6.10. The van der Waals surface area contributed by atoms with Crippen molar-refractivity contribution in [1.29, 1.82) is 0 Å². The van der Waals surface area contributed by atoms with E-state index in [9.17, 15) is 0 Å². The highest BCUT2D eigenvalue weighted by molar-refractivity contribution is 5.51. The van der Waals surface area contributed by atoms with Crippen LogP contribution in [0.15, 0.2) is 95.4 Å². The Hall–Kier alpha value is -3.28. The molecule has 3 aromatic carbocycles. The van der Waals surface area contributed by atoms with Crippen LogP contribution in [0, 0.1) is 0 Å². The van der Waals surface area contributed by atoms with E-state index >= 15 is 0 Å². The van der Waals surface area contributed by atoms with Gasteiger partial charge in [0.05, 0.1) is 0 Å². The fraction of sp³-hybridized carbons (Fsp3) is 0.259. The van der Waals surface area contributed by atoms with E-state index in [2.05, 4.69) is 77.8 Å². The molecule has 2 heterocycles. The first kappa shape index (κ1) is 20.6. The number of benzene rings is 3. The third kappa shape index (κ3) is 4.35. The van der Waals surface area contributed by atoms with Crippen LogP contribution in [-0.4, -0.2) is 36.4 Å². The van der Waals surface area contributed by atoms with Gasteiger partial charge in [-0.2, -0.15) is 0 Å². The molecule has 2 N–H and O–H groups in total. The molecule has 0 radical (unpaired) electrons. The maximum absolute atomic E-state index is 6.05. The van der Waals surface area contributed by atoms with E-state index < -0.39 is 0 Å². The van der Waals surface area contributed by atoms with E-state index in [4.69, 9.17) is 4.42 Å². The topological polar surface area (TPSA) is 47.8 Å². The van der Waals surface area contributed by atoms with E-state index in [0.29, 0.717) is 11.9 Å². The summed E-state index contributed by atoms with van der Waals surface area (Å²) in [6.45, 7) is 6.57. The normalized spacial score (nSPS) is 19.7. The van der Waals surface area contributed by atoms with Gasteiger partial charge in [-0.3, -0.25) is 0 Å². The van der Waals surface area contributed by atoms with Crippen LogP contribution in [-0.2, 0) is 0 Å². The Morgan fingerprint density at radius 3 is 1.72 bits per heavy atom. The number of hydrogen-bond donors (Lipinski definition) is 2. The molecule has 0 aliphatic carbocycles. The Balaban J connectivity index is 1.29. The number of hydrogen-bond acceptors (Lipinski definition) is 3. The van der Waals surface area contributed by atoms with Gasteiger partial charge in [0.25, 0.3) is 5.89 Å². The minimum atomic E-state index is 0.188.